The highest BCUT2D eigenvalue weighted by Crippen LogP contribution is 2.35. The summed E-state index contributed by atoms with van der Waals surface area (Å²) in [5.74, 6) is -1.20. The Kier molecular flexibility index (Phi) is 2.92. The van der Waals surface area contributed by atoms with Gasteiger partial charge in [0.2, 0.25) is 0 Å². The molecule has 0 saturated heterocycles. The molecule has 11 heavy (non-hydrogen) atoms. The maximum Gasteiger partial charge on any atom is 0.401 e. The number of likely N-dealkylation sites (N-methyl/N-ethyl adjacent to an activating group) is 1. The van der Waals surface area contributed by atoms with Gasteiger partial charge in [-0.05, 0) is 0 Å². The van der Waals surface area contributed by atoms with Crippen LogP contribution in [-0.4, -0.2) is 40.2 Å². The van der Waals surface area contributed by atoms with Crippen LogP contribution in [0, 0.1) is 0 Å². The van der Waals surface area contributed by atoms with E-state index in [4.69, 9.17) is 9.79 Å². The van der Waals surface area contributed by atoms with Crippen LogP contribution in [0.5, 0.6) is 0 Å². The lowest BCUT2D eigenvalue weighted by atomic mass is 10.6. The molecule has 0 fully saturated rings. The maximum absolute atomic E-state index is 10.6. The largest absolute Gasteiger partial charge is 0.401 e. The fraction of sp³-hybridized carbons (Fsp3) is 0.500. The molecule has 6 nitrogen and oxygen atoms in total. The number of hydrogen-bond donors (Lipinski definition) is 2. The number of carbonyl (C=O) groups is 2. The van der Waals surface area contributed by atoms with E-state index in [-0.39, 0.29) is 0 Å². The Bertz CT molecular complexity index is 229. The van der Waals surface area contributed by atoms with E-state index in [0.29, 0.717) is 0 Å². The standard InChI is InChI=1S/C4H8NO5P/c1-5(2)3(6)4(7)11(8,9)10/h1-2H3,(H2,8,9,10). The fourth-order valence-corrected chi connectivity index (χ4v) is 0.765. The molecule has 1 amide bonds. The zero-order valence-corrected chi connectivity index (χ0v) is 6.91. The molecule has 64 valence electrons. The van der Waals surface area contributed by atoms with Crippen LogP contribution in [0.15, 0.2) is 0 Å². The number of nitrogens with zero attached hydrogens (tertiary/aromatic N) is 1. The van der Waals surface area contributed by atoms with Gasteiger partial charge in [0.15, 0.2) is 0 Å². The number of carbonyl (C=O) groups excluding carboxylic acids is 2. The molecule has 0 aliphatic heterocycles. The second-order valence-corrected chi connectivity index (χ2v) is 3.54. The molecule has 0 saturated carbocycles. The van der Waals surface area contributed by atoms with Gasteiger partial charge in [-0.1, -0.05) is 0 Å². The predicted octanol–water partition coefficient (Wildman–Crippen LogP) is -1.22. The molecule has 0 aromatic carbocycles. The molecule has 0 atom stereocenters. The van der Waals surface area contributed by atoms with Crippen molar-refractivity contribution in [1.29, 1.82) is 0 Å². The lowest BCUT2D eigenvalue weighted by Gasteiger charge is -2.08. The monoisotopic (exact) mass is 181 g/mol. The van der Waals surface area contributed by atoms with E-state index in [9.17, 15) is 14.2 Å². The van der Waals surface area contributed by atoms with Crippen molar-refractivity contribution >= 4 is 19.0 Å². The molecule has 0 aliphatic rings. The van der Waals surface area contributed by atoms with Gasteiger partial charge in [0.05, 0.1) is 0 Å². The zero-order chi connectivity index (χ0) is 9.23. The van der Waals surface area contributed by atoms with Crippen molar-refractivity contribution in [2.45, 2.75) is 0 Å². The molecule has 0 aliphatic carbocycles. The van der Waals surface area contributed by atoms with Crippen molar-refractivity contribution < 1.29 is 23.9 Å². The molecule has 0 spiro atoms. The summed E-state index contributed by atoms with van der Waals surface area (Å²) in [5.41, 5.74) is -1.68. The number of hydrogen-bond acceptors (Lipinski definition) is 3. The third-order valence-electron chi connectivity index (χ3n) is 0.854. The molecule has 0 aromatic heterocycles. The van der Waals surface area contributed by atoms with E-state index in [1.807, 2.05) is 0 Å². The fourth-order valence-electron chi connectivity index (χ4n) is 0.316. The Morgan fingerprint density at radius 3 is 1.73 bits per heavy atom. The van der Waals surface area contributed by atoms with Crippen molar-refractivity contribution in [2.24, 2.45) is 0 Å². The molecule has 0 rings (SSSR count). The summed E-state index contributed by atoms with van der Waals surface area (Å²) >= 11 is 0. The number of rotatable bonds is 2. The van der Waals surface area contributed by atoms with Crippen LogP contribution in [0.4, 0.5) is 0 Å². The van der Waals surface area contributed by atoms with E-state index < -0.39 is 19.0 Å². The van der Waals surface area contributed by atoms with Gasteiger partial charge in [0.25, 0.3) is 0 Å². The van der Waals surface area contributed by atoms with Crippen LogP contribution in [0.25, 0.3) is 0 Å². The Labute approximate surface area is 63.0 Å². The van der Waals surface area contributed by atoms with Crippen molar-refractivity contribution in [1.82, 2.24) is 4.90 Å². The van der Waals surface area contributed by atoms with Gasteiger partial charge in [0.1, 0.15) is 0 Å². The Morgan fingerprint density at radius 2 is 1.64 bits per heavy atom. The first kappa shape index (κ1) is 10.3. The minimum absolute atomic E-state index is 0.807. The van der Waals surface area contributed by atoms with E-state index in [1.54, 1.807) is 0 Å². The highest BCUT2D eigenvalue weighted by Gasteiger charge is 2.33. The van der Waals surface area contributed by atoms with Crippen LogP contribution in [0.2, 0.25) is 0 Å². The first-order chi connectivity index (χ1) is 4.76. The van der Waals surface area contributed by atoms with Gasteiger partial charge in [-0.15, -0.1) is 0 Å². The summed E-state index contributed by atoms with van der Waals surface area (Å²) in [6, 6.07) is 0. The van der Waals surface area contributed by atoms with E-state index in [0.717, 1.165) is 4.90 Å². The lowest BCUT2D eigenvalue weighted by molar-refractivity contribution is -0.139. The van der Waals surface area contributed by atoms with Gasteiger partial charge in [-0.2, -0.15) is 0 Å². The van der Waals surface area contributed by atoms with Crippen molar-refractivity contribution in [3.05, 3.63) is 0 Å². The quantitative estimate of drug-likeness (QED) is 0.411. The van der Waals surface area contributed by atoms with Gasteiger partial charge in [-0.25, -0.2) is 0 Å². The molecule has 0 bridgehead atoms. The molecule has 2 N–H and O–H groups in total. The van der Waals surface area contributed by atoms with Gasteiger partial charge >= 0.3 is 19.0 Å². The third-order valence-corrected chi connectivity index (χ3v) is 1.57. The maximum atomic E-state index is 10.6. The molecule has 7 heteroatoms. The SMILES string of the molecule is CN(C)C(=O)C(=O)P(=O)(O)O. The van der Waals surface area contributed by atoms with E-state index in [2.05, 4.69) is 0 Å². The van der Waals surface area contributed by atoms with Crippen LogP contribution < -0.4 is 0 Å². The van der Waals surface area contributed by atoms with Crippen molar-refractivity contribution in [3.63, 3.8) is 0 Å². The first-order valence-electron chi connectivity index (χ1n) is 2.58. The summed E-state index contributed by atoms with van der Waals surface area (Å²) in [7, 11) is -2.43. The minimum Gasteiger partial charge on any atom is -0.342 e. The van der Waals surface area contributed by atoms with E-state index >= 15 is 0 Å². The lowest BCUT2D eigenvalue weighted by Crippen LogP contribution is -2.29. The van der Waals surface area contributed by atoms with Crippen LogP contribution in [0.1, 0.15) is 0 Å². The third kappa shape index (κ3) is 2.80. The first-order valence-corrected chi connectivity index (χ1v) is 4.19. The smallest absolute Gasteiger partial charge is 0.342 e. The van der Waals surface area contributed by atoms with Crippen molar-refractivity contribution in [2.75, 3.05) is 14.1 Å². The predicted molar refractivity (Wildman–Crippen MR) is 35.7 cm³/mol. The van der Waals surface area contributed by atoms with E-state index in [1.165, 1.54) is 14.1 Å². The summed E-state index contributed by atoms with van der Waals surface area (Å²) in [5, 5.41) is 0. The minimum atomic E-state index is -4.90. The van der Waals surface area contributed by atoms with Crippen LogP contribution in [0.3, 0.4) is 0 Å². The summed E-state index contributed by atoms with van der Waals surface area (Å²) in [6.07, 6.45) is 0. The Morgan fingerprint density at radius 1 is 1.27 bits per heavy atom. The van der Waals surface area contributed by atoms with Crippen molar-refractivity contribution in [3.8, 4) is 0 Å². The average molecular weight is 181 g/mol. The average Bonchev–Trinajstić information content (AvgIpc) is 1.82. The van der Waals surface area contributed by atoms with Gasteiger partial charge in [0, 0.05) is 14.1 Å². The second kappa shape index (κ2) is 3.13. The molecule has 0 radical (unpaired) electrons. The van der Waals surface area contributed by atoms with Gasteiger partial charge in [-0.3, -0.25) is 14.2 Å². The highest BCUT2D eigenvalue weighted by atomic mass is 31.2. The second-order valence-electron chi connectivity index (χ2n) is 2.05. The Hall–Kier alpha value is -0.710. The summed E-state index contributed by atoms with van der Waals surface area (Å²) in [4.78, 5) is 38.3. The molecule has 0 heterocycles. The number of amides is 1. The van der Waals surface area contributed by atoms with Gasteiger partial charge < -0.3 is 14.7 Å². The summed E-state index contributed by atoms with van der Waals surface area (Å²) < 4.78 is 10.2. The molecular formula is C4H8NO5P. The normalized spacial score (nSPS) is 10.9. The molecule has 0 unspecified atom stereocenters. The molecular weight excluding hydrogens is 173 g/mol. The van der Waals surface area contributed by atoms with Crippen LogP contribution >= 0.6 is 7.60 Å². The molecule has 0 aromatic rings. The topological polar surface area (TPSA) is 94.9 Å². The highest BCUT2D eigenvalue weighted by molar-refractivity contribution is 7.73. The Balaban J connectivity index is 4.54. The summed E-state index contributed by atoms with van der Waals surface area (Å²) in [6.45, 7) is 0. The van der Waals surface area contributed by atoms with Crippen LogP contribution in [-0.2, 0) is 14.2 Å². The zero-order valence-electron chi connectivity index (χ0n) is 6.01.